The third-order valence-electron chi connectivity index (χ3n) is 6.45. The molecule has 2 atom stereocenters. The number of unbranched alkanes of at least 4 members (excludes halogenated alkanes) is 1. The minimum Gasteiger partial charge on any atom is -0.440 e. The van der Waals surface area contributed by atoms with Gasteiger partial charge in [0.2, 0.25) is 0 Å². The Kier molecular flexibility index (Phi) is 6.92. The van der Waals surface area contributed by atoms with Gasteiger partial charge in [-0.1, -0.05) is 33.6 Å². The van der Waals surface area contributed by atoms with Crippen molar-refractivity contribution in [2.24, 2.45) is 5.73 Å². The summed E-state index contributed by atoms with van der Waals surface area (Å²) in [4.78, 5) is 16.5. The number of fused-ring (bicyclic) bond motifs is 1. The number of carbonyl (C=O) groups excluding carboxylic acids is 1. The number of benzene rings is 1. The first-order valence-electron chi connectivity index (χ1n) is 11.0. The van der Waals surface area contributed by atoms with Gasteiger partial charge in [0.25, 0.3) is 0 Å². The van der Waals surface area contributed by atoms with Crippen molar-refractivity contribution in [3.05, 3.63) is 29.6 Å². The first-order valence-corrected chi connectivity index (χ1v) is 11.0. The summed E-state index contributed by atoms with van der Waals surface area (Å²) in [7, 11) is 0. The smallest absolute Gasteiger partial charge is 0.405 e. The van der Waals surface area contributed by atoms with Crippen LogP contribution in [-0.2, 0) is 14.9 Å². The highest BCUT2D eigenvalue weighted by atomic mass is 19.1. The van der Waals surface area contributed by atoms with E-state index in [1.807, 2.05) is 13.0 Å². The highest BCUT2D eigenvalue weighted by Crippen LogP contribution is 2.44. The van der Waals surface area contributed by atoms with Crippen LogP contribution >= 0.6 is 0 Å². The number of rotatable bonds is 8. The topological polar surface area (TPSA) is 68.0 Å². The van der Waals surface area contributed by atoms with Crippen molar-refractivity contribution >= 4 is 11.8 Å². The van der Waals surface area contributed by atoms with Gasteiger partial charge in [0.15, 0.2) is 0 Å². The van der Waals surface area contributed by atoms with Gasteiger partial charge < -0.3 is 20.1 Å². The van der Waals surface area contributed by atoms with Gasteiger partial charge >= 0.3 is 6.09 Å². The Balaban J connectivity index is 1.99. The number of anilines is 1. The monoisotopic (exact) mass is 421 g/mol. The molecule has 2 aliphatic rings. The zero-order chi connectivity index (χ0) is 21.9. The van der Waals surface area contributed by atoms with Gasteiger partial charge in [0, 0.05) is 37.3 Å². The molecule has 1 amide bonds. The summed E-state index contributed by atoms with van der Waals surface area (Å²) in [6, 6.07) is 4.94. The van der Waals surface area contributed by atoms with Gasteiger partial charge in [-0.3, -0.25) is 4.90 Å². The molecule has 2 aliphatic heterocycles. The third-order valence-corrected chi connectivity index (χ3v) is 6.45. The molecule has 1 aromatic rings. The van der Waals surface area contributed by atoms with Gasteiger partial charge in [-0.15, -0.1) is 0 Å². The van der Waals surface area contributed by atoms with Gasteiger partial charge in [-0.05, 0) is 37.1 Å². The van der Waals surface area contributed by atoms with Crippen molar-refractivity contribution in [1.29, 1.82) is 0 Å². The van der Waals surface area contributed by atoms with Crippen LogP contribution in [0, 0.1) is 5.82 Å². The van der Waals surface area contributed by atoms with E-state index in [-0.39, 0.29) is 17.3 Å². The number of morpholine rings is 1. The standard InChI is InChI=1S/C23H36FN3O3/c1-5-6-7-20(23(4,30-21(25)28)16-26-10-12-29-13-11-26)27-15-22(2,3)18-14-17(24)8-9-19(18)27/h8-9,14,20H,5-7,10-13,15-16H2,1-4H3,(H2,25,28)/t20?,23-/m0/s1. The summed E-state index contributed by atoms with van der Waals surface area (Å²) in [5, 5.41) is 0. The molecular weight excluding hydrogens is 385 g/mol. The lowest BCUT2D eigenvalue weighted by atomic mass is 9.86. The van der Waals surface area contributed by atoms with E-state index < -0.39 is 11.7 Å². The number of hydrogen-bond donors (Lipinski definition) is 1. The van der Waals surface area contributed by atoms with Crippen LogP contribution in [0.25, 0.3) is 0 Å². The lowest BCUT2D eigenvalue weighted by Gasteiger charge is -2.46. The first kappa shape index (κ1) is 22.8. The SMILES string of the molecule is CCCCC(N1CC(C)(C)c2cc(F)ccc21)[C@](C)(CN1CCOCC1)OC(N)=O. The van der Waals surface area contributed by atoms with Crippen molar-refractivity contribution < 1.29 is 18.7 Å². The fraction of sp³-hybridized carbons (Fsp3) is 0.696. The van der Waals surface area contributed by atoms with Gasteiger partial charge in [0.05, 0.1) is 19.3 Å². The fourth-order valence-electron chi connectivity index (χ4n) is 5.00. The number of primary amides is 1. The molecule has 0 saturated carbocycles. The lowest BCUT2D eigenvalue weighted by molar-refractivity contribution is -0.0442. The Hall–Kier alpha value is -1.86. The lowest BCUT2D eigenvalue weighted by Crippen LogP contribution is -2.60. The van der Waals surface area contributed by atoms with Crippen LogP contribution in [0.15, 0.2) is 18.2 Å². The molecule has 30 heavy (non-hydrogen) atoms. The molecule has 1 aromatic carbocycles. The number of halogens is 1. The third kappa shape index (κ3) is 4.89. The Morgan fingerprint density at radius 3 is 2.70 bits per heavy atom. The van der Waals surface area contributed by atoms with Gasteiger partial charge in [0.1, 0.15) is 11.4 Å². The summed E-state index contributed by atoms with van der Waals surface area (Å²) in [6.45, 7) is 12.7. The van der Waals surface area contributed by atoms with E-state index in [9.17, 15) is 9.18 Å². The minimum atomic E-state index is -0.801. The number of carbonyl (C=O) groups is 1. The molecule has 168 valence electrons. The van der Waals surface area contributed by atoms with Crippen LogP contribution < -0.4 is 10.6 Å². The summed E-state index contributed by atoms with van der Waals surface area (Å²) in [5.74, 6) is -0.224. The molecule has 0 bridgehead atoms. The van der Waals surface area contributed by atoms with Gasteiger partial charge in [-0.2, -0.15) is 0 Å². The maximum Gasteiger partial charge on any atom is 0.405 e. The fourth-order valence-corrected chi connectivity index (χ4v) is 5.00. The van der Waals surface area contributed by atoms with Crippen molar-refractivity contribution in [2.75, 3.05) is 44.3 Å². The average Bonchev–Trinajstić information content (AvgIpc) is 2.92. The molecule has 1 saturated heterocycles. The molecular formula is C23H36FN3O3. The second-order valence-corrected chi connectivity index (χ2v) is 9.45. The summed E-state index contributed by atoms with van der Waals surface area (Å²) < 4.78 is 25.4. The van der Waals surface area contributed by atoms with Crippen LogP contribution in [-0.4, -0.2) is 62.0 Å². The van der Waals surface area contributed by atoms with E-state index in [1.165, 1.54) is 6.07 Å². The number of nitrogens with two attached hydrogens (primary N) is 1. The molecule has 1 fully saturated rings. The second-order valence-electron chi connectivity index (χ2n) is 9.45. The molecule has 0 spiro atoms. The summed E-state index contributed by atoms with van der Waals surface area (Å²) in [5.41, 5.74) is 6.56. The number of hydrogen-bond acceptors (Lipinski definition) is 5. The van der Waals surface area contributed by atoms with E-state index in [0.29, 0.717) is 19.8 Å². The van der Waals surface area contributed by atoms with Crippen molar-refractivity contribution in [3.8, 4) is 0 Å². The molecule has 7 heteroatoms. The molecule has 2 N–H and O–H groups in total. The quantitative estimate of drug-likeness (QED) is 0.694. The zero-order valence-electron chi connectivity index (χ0n) is 18.7. The molecule has 1 unspecified atom stereocenters. The Morgan fingerprint density at radius 1 is 1.37 bits per heavy atom. The maximum absolute atomic E-state index is 14.0. The Morgan fingerprint density at radius 2 is 2.07 bits per heavy atom. The number of ether oxygens (including phenoxy) is 2. The van der Waals surface area contributed by atoms with Crippen LogP contribution in [0.4, 0.5) is 14.9 Å². The van der Waals surface area contributed by atoms with Crippen LogP contribution in [0.5, 0.6) is 0 Å². The first-order chi connectivity index (χ1) is 14.2. The molecule has 0 aliphatic carbocycles. The van der Waals surface area contributed by atoms with Crippen LogP contribution in [0.3, 0.4) is 0 Å². The van der Waals surface area contributed by atoms with Crippen molar-refractivity contribution in [3.63, 3.8) is 0 Å². The van der Waals surface area contributed by atoms with E-state index >= 15 is 0 Å². The van der Waals surface area contributed by atoms with E-state index in [4.69, 9.17) is 15.2 Å². The normalized spacial score (nSPS) is 21.7. The van der Waals surface area contributed by atoms with Crippen molar-refractivity contribution in [2.45, 2.75) is 64.0 Å². The number of amides is 1. The Labute approximate surface area is 179 Å². The second kappa shape index (κ2) is 9.10. The Bertz CT molecular complexity index is 751. The van der Waals surface area contributed by atoms with Crippen LogP contribution in [0.2, 0.25) is 0 Å². The zero-order valence-corrected chi connectivity index (χ0v) is 18.7. The van der Waals surface area contributed by atoms with Crippen LogP contribution in [0.1, 0.15) is 52.5 Å². The minimum absolute atomic E-state index is 0.0706. The molecule has 3 rings (SSSR count). The average molecular weight is 422 g/mol. The predicted octanol–water partition coefficient (Wildman–Crippen LogP) is 3.67. The number of nitrogens with zero attached hydrogens (tertiary/aromatic N) is 2. The van der Waals surface area contributed by atoms with E-state index in [1.54, 1.807) is 6.07 Å². The van der Waals surface area contributed by atoms with E-state index in [2.05, 4.69) is 30.6 Å². The largest absolute Gasteiger partial charge is 0.440 e. The highest BCUT2D eigenvalue weighted by Gasteiger charge is 2.47. The van der Waals surface area contributed by atoms with E-state index in [0.717, 1.165) is 50.1 Å². The summed E-state index contributed by atoms with van der Waals surface area (Å²) in [6.07, 6.45) is 2.13. The predicted molar refractivity (Wildman–Crippen MR) is 116 cm³/mol. The molecule has 6 nitrogen and oxygen atoms in total. The van der Waals surface area contributed by atoms with Crippen molar-refractivity contribution in [1.82, 2.24) is 4.90 Å². The highest BCUT2D eigenvalue weighted by molar-refractivity contribution is 5.66. The summed E-state index contributed by atoms with van der Waals surface area (Å²) >= 11 is 0. The molecule has 2 heterocycles. The van der Waals surface area contributed by atoms with Gasteiger partial charge in [-0.25, -0.2) is 9.18 Å². The maximum atomic E-state index is 14.0. The molecule has 0 radical (unpaired) electrons. The molecule has 0 aromatic heterocycles.